The Bertz CT molecular complexity index is 1130. The van der Waals surface area contributed by atoms with Crippen molar-refractivity contribution in [3.8, 4) is 0 Å². The van der Waals surface area contributed by atoms with Crippen molar-refractivity contribution in [2.24, 2.45) is 12.1 Å². The number of aryl methyl sites for hydroxylation is 1. The van der Waals surface area contributed by atoms with E-state index in [1.165, 1.54) is 29.3 Å². The minimum absolute atomic E-state index is 0.0290. The van der Waals surface area contributed by atoms with Gasteiger partial charge >= 0.3 is 0 Å². The fourth-order valence-corrected chi connectivity index (χ4v) is 2.44. The van der Waals surface area contributed by atoms with E-state index in [0.29, 0.717) is 17.0 Å². The zero-order valence-corrected chi connectivity index (χ0v) is 17.1. The highest BCUT2D eigenvalue weighted by Crippen LogP contribution is 2.26. The minimum Gasteiger partial charge on any atom is -0.726 e. The molecule has 0 aliphatic carbocycles. The fraction of sp³-hybridized carbons (Fsp3) is 0.167. The number of hydrazone groups is 1. The first kappa shape index (κ1) is 22.8. The Morgan fingerprint density at radius 2 is 1.83 bits per heavy atom. The molecule has 1 amide bonds. The van der Waals surface area contributed by atoms with E-state index in [9.17, 15) is 27.9 Å². The van der Waals surface area contributed by atoms with Crippen molar-refractivity contribution in [2.75, 3.05) is 12.1 Å². The van der Waals surface area contributed by atoms with Gasteiger partial charge in [0.05, 0.1) is 29.0 Å². The Morgan fingerprint density at radius 3 is 2.33 bits per heavy atom. The van der Waals surface area contributed by atoms with E-state index in [4.69, 9.17) is 0 Å². The molecular weight excluding hydrogens is 416 g/mol. The number of aromatic nitrogens is 1. The molecule has 1 aromatic carbocycles. The number of carbonyl (C=O) groups excluding carboxylic acids is 1. The van der Waals surface area contributed by atoms with E-state index in [0.717, 1.165) is 12.7 Å². The van der Waals surface area contributed by atoms with Crippen LogP contribution in [0.4, 0.5) is 11.4 Å². The van der Waals surface area contributed by atoms with Crippen LogP contribution in [0.3, 0.4) is 0 Å². The molecule has 0 fully saturated rings. The van der Waals surface area contributed by atoms with Gasteiger partial charge in [-0.15, -0.1) is 0 Å². The van der Waals surface area contributed by atoms with Gasteiger partial charge in [0, 0.05) is 23.8 Å². The van der Waals surface area contributed by atoms with Crippen LogP contribution in [0.25, 0.3) is 6.08 Å². The molecule has 2 heterocycles. The normalized spacial score (nSPS) is 14.9. The van der Waals surface area contributed by atoms with Gasteiger partial charge in [-0.25, -0.2) is 13.0 Å². The molecule has 12 heteroatoms. The molecular formula is C18H18N4O7S. The molecule has 3 rings (SSSR count). The number of hydrogen-bond acceptors (Lipinski definition) is 8. The number of hydrogen-bond donors (Lipinski definition) is 0. The summed E-state index contributed by atoms with van der Waals surface area (Å²) in [6.45, 7) is 1.76. The molecule has 0 saturated carbocycles. The third kappa shape index (κ3) is 6.01. The Labute approximate surface area is 172 Å². The van der Waals surface area contributed by atoms with Crippen molar-refractivity contribution in [2.45, 2.75) is 6.92 Å². The van der Waals surface area contributed by atoms with Gasteiger partial charge in [0.1, 0.15) is 7.05 Å². The maximum absolute atomic E-state index is 12.6. The number of non-ortho nitro benzene ring substituents is 1. The van der Waals surface area contributed by atoms with Gasteiger partial charge in [0.15, 0.2) is 12.4 Å². The standard InChI is InChI=1S/C17H15N4O3.CH4O4S/c1-12-16(10-13-4-3-9-19(2)11-13)17(22)20(18-12)14-5-7-15(8-6-14)21(23)24;1-5-6(2,3)4/h3-11H,1-2H3;1H3,(H,2,3,4)/q+1;/p-1/b16-10+;. The van der Waals surface area contributed by atoms with E-state index in [-0.39, 0.29) is 11.6 Å². The third-order valence-electron chi connectivity index (χ3n) is 3.85. The van der Waals surface area contributed by atoms with Crippen LogP contribution in [0.1, 0.15) is 12.5 Å². The number of anilines is 1. The molecule has 0 unspecified atom stereocenters. The summed E-state index contributed by atoms with van der Waals surface area (Å²) < 4.78 is 32.9. The second-order valence-electron chi connectivity index (χ2n) is 6.01. The van der Waals surface area contributed by atoms with E-state index in [2.05, 4.69) is 9.28 Å². The number of amides is 1. The summed E-state index contributed by atoms with van der Waals surface area (Å²) >= 11 is 0. The molecule has 1 aliphatic heterocycles. The van der Waals surface area contributed by atoms with Crippen molar-refractivity contribution in [1.82, 2.24) is 0 Å². The van der Waals surface area contributed by atoms with Crippen LogP contribution in [-0.2, 0) is 26.4 Å². The summed E-state index contributed by atoms with van der Waals surface area (Å²) in [6.07, 6.45) is 5.59. The lowest BCUT2D eigenvalue weighted by Crippen LogP contribution is -2.26. The predicted molar refractivity (Wildman–Crippen MR) is 106 cm³/mol. The average molecular weight is 434 g/mol. The molecule has 1 aromatic heterocycles. The lowest BCUT2D eigenvalue weighted by molar-refractivity contribution is -0.671. The number of nitrogens with zero attached hydrogens (tertiary/aromatic N) is 4. The molecule has 0 saturated heterocycles. The fourth-order valence-electron chi connectivity index (χ4n) is 2.44. The van der Waals surface area contributed by atoms with Crippen LogP contribution in [0.5, 0.6) is 0 Å². The first-order chi connectivity index (χ1) is 14.0. The number of rotatable bonds is 4. The van der Waals surface area contributed by atoms with Crippen LogP contribution in [0.2, 0.25) is 0 Å². The molecule has 158 valence electrons. The summed E-state index contributed by atoms with van der Waals surface area (Å²) in [5.74, 6) is -0.257. The number of carbonyl (C=O) groups is 1. The van der Waals surface area contributed by atoms with Gasteiger partial charge < -0.3 is 4.55 Å². The summed E-state index contributed by atoms with van der Waals surface area (Å²) in [4.78, 5) is 22.9. The minimum atomic E-state index is -4.41. The van der Waals surface area contributed by atoms with Gasteiger partial charge in [0.2, 0.25) is 10.4 Å². The molecule has 0 radical (unpaired) electrons. The molecule has 0 atom stereocenters. The monoisotopic (exact) mass is 434 g/mol. The highest BCUT2D eigenvalue weighted by Gasteiger charge is 2.29. The molecule has 1 aliphatic rings. The van der Waals surface area contributed by atoms with Crippen LogP contribution in [0.15, 0.2) is 59.5 Å². The van der Waals surface area contributed by atoms with Crippen molar-refractivity contribution in [3.63, 3.8) is 0 Å². The second kappa shape index (κ2) is 9.35. The maximum atomic E-state index is 12.6. The summed E-state index contributed by atoms with van der Waals surface area (Å²) in [7, 11) is -1.70. The summed E-state index contributed by atoms with van der Waals surface area (Å²) in [5, 5.41) is 16.2. The molecule has 2 aromatic rings. The number of benzene rings is 1. The number of pyridine rings is 1. The van der Waals surface area contributed by atoms with E-state index >= 15 is 0 Å². The van der Waals surface area contributed by atoms with Crippen molar-refractivity contribution in [1.29, 1.82) is 0 Å². The predicted octanol–water partition coefficient (Wildman–Crippen LogP) is 1.32. The SMILES string of the molecule is CC1=NN(c2ccc([N+](=O)[O-])cc2)C(=O)/C1=C/c1ccc[n+](C)c1.COS(=O)(=O)[O-]. The smallest absolute Gasteiger partial charge is 0.280 e. The third-order valence-corrected chi connectivity index (χ3v) is 4.25. The van der Waals surface area contributed by atoms with Crippen molar-refractivity contribution >= 4 is 39.5 Å². The van der Waals surface area contributed by atoms with Crippen molar-refractivity contribution < 1.29 is 31.4 Å². The second-order valence-corrected chi connectivity index (χ2v) is 7.16. The van der Waals surface area contributed by atoms with Crippen LogP contribution >= 0.6 is 0 Å². The molecule has 0 spiro atoms. The number of nitro benzene ring substituents is 1. The Balaban J connectivity index is 0.000000469. The summed E-state index contributed by atoms with van der Waals surface area (Å²) in [6, 6.07) is 9.53. The van der Waals surface area contributed by atoms with E-state index in [1.807, 2.05) is 36.1 Å². The van der Waals surface area contributed by atoms with Crippen LogP contribution in [-0.4, -0.2) is 36.6 Å². The zero-order chi connectivity index (χ0) is 22.5. The maximum Gasteiger partial charge on any atom is 0.280 e. The van der Waals surface area contributed by atoms with Gasteiger partial charge in [-0.05, 0) is 31.2 Å². The Hall–Kier alpha value is -3.48. The average Bonchev–Trinajstić information content (AvgIpc) is 2.96. The van der Waals surface area contributed by atoms with E-state index in [1.54, 1.807) is 13.0 Å². The Kier molecular flexibility index (Phi) is 7.10. The first-order valence-corrected chi connectivity index (χ1v) is 9.68. The highest BCUT2D eigenvalue weighted by molar-refractivity contribution is 7.80. The molecule has 11 nitrogen and oxygen atoms in total. The molecule has 0 bridgehead atoms. The number of nitro groups is 1. The van der Waals surface area contributed by atoms with Gasteiger partial charge in [-0.1, -0.05) is 0 Å². The molecule has 30 heavy (non-hydrogen) atoms. The van der Waals surface area contributed by atoms with E-state index < -0.39 is 15.3 Å². The van der Waals surface area contributed by atoms with Crippen LogP contribution < -0.4 is 9.58 Å². The van der Waals surface area contributed by atoms with Gasteiger partial charge in [-0.2, -0.15) is 10.1 Å². The topological polar surface area (TPSA) is 146 Å². The highest BCUT2D eigenvalue weighted by atomic mass is 32.3. The zero-order valence-electron chi connectivity index (χ0n) is 16.3. The largest absolute Gasteiger partial charge is 0.726 e. The van der Waals surface area contributed by atoms with Gasteiger partial charge in [-0.3, -0.25) is 19.1 Å². The summed E-state index contributed by atoms with van der Waals surface area (Å²) in [5.41, 5.74) is 2.46. The van der Waals surface area contributed by atoms with Crippen molar-refractivity contribution in [3.05, 3.63) is 70.0 Å². The lowest BCUT2D eigenvalue weighted by atomic mass is 10.1. The lowest BCUT2D eigenvalue weighted by Gasteiger charge is -2.11. The quantitative estimate of drug-likeness (QED) is 0.176. The first-order valence-electron chi connectivity index (χ1n) is 8.34. The Morgan fingerprint density at radius 1 is 1.23 bits per heavy atom. The van der Waals surface area contributed by atoms with Gasteiger partial charge in [0.25, 0.3) is 11.6 Å². The van der Waals surface area contributed by atoms with Crippen LogP contribution in [0, 0.1) is 10.1 Å². The molecule has 0 N–H and O–H groups in total.